The Bertz CT molecular complexity index is 341. The first kappa shape index (κ1) is 9.03. The van der Waals surface area contributed by atoms with Gasteiger partial charge in [0.15, 0.2) is 0 Å². The first-order valence-corrected chi connectivity index (χ1v) is 4.76. The first-order valence-electron chi connectivity index (χ1n) is 4.76. The number of rotatable bonds is 2. The van der Waals surface area contributed by atoms with E-state index in [1.165, 1.54) is 5.56 Å². The summed E-state index contributed by atoms with van der Waals surface area (Å²) in [5.74, 6) is 0. The van der Waals surface area contributed by atoms with Gasteiger partial charge in [-0.1, -0.05) is 36.4 Å². The van der Waals surface area contributed by atoms with Gasteiger partial charge in [0.05, 0.1) is 6.17 Å². The van der Waals surface area contributed by atoms with E-state index in [4.69, 9.17) is 5.73 Å². The molecule has 0 aromatic heterocycles. The number of hydrogen-bond donors (Lipinski definition) is 1. The van der Waals surface area contributed by atoms with Crippen LogP contribution < -0.4 is 5.73 Å². The summed E-state index contributed by atoms with van der Waals surface area (Å²) in [7, 11) is 0. The predicted molar refractivity (Wildman–Crippen MR) is 58.2 cm³/mol. The highest BCUT2D eigenvalue weighted by atomic mass is 15.2. The second-order valence-electron chi connectivity index (χ2n) is 3.37. The van der Waals surface area contributed by atoms with Gasteiger partial charge < -0.3 is 10.6 Å². The summed E-state index contributed by atoms with van der Waals surface area (Å²) in [6.45, 7) is 0.864. The van der Waals surface area contributed by atoms with Crippen LogP contribution in [0.2, 0.25) is 0 Å². The average Bonchev–Trinajstić information content (AvgIpc) is 2.23. The van der Waals surface area contributed by atoms with Crippen molar-refractivity contribution in [2.24, 2.45) is 5.73 Å². The van der Waals surface area contributed by atoms with E-state index in [0.717, 1.165) is 6.54 Å². The minimum Gasteiger partial charge on any atom is -0.355 e. The number of nitrogens with zero attached hydrogens (tertiary/aromatic N) is 1. The molecule has 0 bridgehead atoms. The fraction of sp³-hybridized carbons (Fsp3) is 0.167. The van der Waals surface area contributed by atoms with Crippen LogP contribution in [0.1, 0.15) is 5.56 Å². The van der Waals surface area contributed by atoms with Crippen LogP contribution in [0.25, 0.3) is 0 Å². The van der Waals surface area contributed by atoms with E-state index in [2.05, 4.69) is 17.0 Å². The number of nitrogens with two attached hydrogens (primary N) is 1. The van der Waals surface area contributed by atoms with Crippen LogP contribution in [0.4, 0.5) is 0 Å². The Kier molecular flexibility index (Phi) is 2.65. The molecule has 1 aromatic carbocycles. The highest BCUT2D eigenvalue weighted by Crippen LogP contribution is 2.09. The SMILES string of the molecule is NC1C=CC=CN1Cc1ccccc1. The largest absolute Gasteiger partial charge is 0.355 e. The molecular formula is C12H14N2. The van der Waals surface area contributed by atoms with Gasteiger partial charge in [-0.15, -0.1) is 0 Å². The fourth-order valence-corrected chi connectivity index (χ4v) is 1.50. The van der Waals surface area contributed by atoms with Gasteiger partial charge in [0.1, 0.15) is 0 Å². The Morgan fingerprint density at radius 2 is 1.93 bits per heavy atom. The van der Waals surface area contributed by atoms with E-state index in [0.29, 0.717) is 0 Å². The summed E-state index contributed by atoms with van der Waals surface area (Å²) in [4.78, 5) is 2.11. The highest BCUT2D eigenvalue weighted by molar-refractivity contribution is 5.18. The molecular weight excluding hydrogens is 172 g/mol. The molecule has 0 radical (unpaired) electrons. The lowest BCUT2D eigenvalue weighted by atomic mass is 10.2. The molecule has 2 heteroatoms. The summed E-state index contributed by atoms with van der Waals surface area (Å²) in [6, 6.07) is 10.3. The van der Waals surface area contributed by atoms with Gasteiger partial charge in [0.2, 0.25) is 0 Å². The van der Waals surface area contributed by atoms with Crippen molar-refractivity contribution in [3.63, 3.8) is 0 Å². The second-order valence-corrected chi connectivity index (χ2v) is 3.37. The third kappa shape index (κ3) is 2.03. The molecule has 2 nitrogen and oxygen atoms in total. The zero-order valence-corrected chi connectivity index (χ0v) is 8.01. The molecule has 0 amide bonds. The quantitative estimate of drug-likeness (QED) is 0.763. The molecule has 1 atom stereocenters. The van der Waals surface area contributed by atoms with Crippen LogP contribution in [-0.4, -0.2) is 11.1 Å². The van der Waals surface area contributed by atoms with Gasteiger partial charge in [-0.2, -0.15) is 0 Å². The van der Waals surface area contributed by atoms with Crippen molar-refractivity contribution >= 4 is 0 Å². The summed E-state index contributed by atoms with van der Waals surface area (Å²) >= 11 is 0. The van der Waals surface area contributed by atoms with Gasteiger partial charge in [0.25, 0.3) is 0 Å². The number of hydrogen-bond acceptors (Lipinski definition) is 2. The van der Waals surface area contributed by atoms with Crippen LogP contribution in [0, 0.1) is 0 Å². The lowest BCUT2D eigenvalue weighted by Crippen LogP contribution is -2.37. The number of allylic oxidation sites excluding steroid dienone is 2. The molecule has 72 valence electrons. The van der Waals surface area contributed by atoms with E-state index >= 15 is 0 Å². The second kappa shape index (κ2) is 4.11. The molecule has 0 aliphatic carbocycles. The molecule has 1 unspecified atom stereocenters. The molecule has 0 spiro atoms. The predicted octanol–water partition coefficient (Wildman–Crippen LogP) is 1.86. The third-order valence-electron chi connectivity index (χ3n) is 2.29. The van der Waals surface area contributed by atoms with E-state index in [-0.39, 0.29) is 6.17 Å². The molecule has 0 saturated carbocycles. The number of benzene rings is 1. The first-order chi connectivity index (χ1) is 6.86. The summed E-state index contributed by atoms with van der Waals surface area (Å²) in [5.41, 5.74) is 7.20. The summed E-state index contributed by atoms with van der Waals surface area (Å²) in [5, 5.41) is 0. The molecule has 1 aliphatic rings. The van der Waals surface area contributed by atoms with Crippen molar-refractivity contribution in [3.05, 3.63) is 60.3 Å². The highest BCUT2D eigenvalue weighted by Gasteiger charge is 2.08. The zero-order chi connectivity index (χ0) is 9.80. The van der Waals surface area contributed by atoms with Crippen LogP contribution in [0.15, 0.2) is 54.8 Å². The van der Waals surface area contributed by atoms with Crippen molar-refractivity contribution in [3.8, 4) is 0 Å². The minimum absolute atomic E-state index is 0.000191. The van der Waals surface area contributed by atoms with Gasteiger partial charge >= 0.3 is 0 Å². The molecule has 1 aliphatic heterocycles. The Morgan fingerprint density at radius 3 is 2.64 bits per heavy atom. The monoisotopic (exact) mass is 186 g/mol. The molecule has 14 heavy (non-hydrogen) atoms. The maximum atomic E-state index is 5.91. The van der Waals surface area contributed by atoms with Crippen molar-refractivity contribution in [1.29, 1.82) is 0 Å². The van der Waals surface area contributed by atoms with Crippen LogP contribution in [0.5, 0.6) is 0 Å². The Balaban J connectivity index is 2.05. The van der Waals surface area contributed by atoms with Crippen molar-refractivity contribution in [2.45, 2.75) is 12.7 Å². The van der Waals surface area contributed by atoms with E-state index in [1.54, 1.807) is 0 Å². The smallest absolute Gasteiger partial charge is 0.0963 e. The van der Waals surface area contributed by atoms with Gasteiger partial charge in [-0.25, -0.2) is 0 Å². The van der Waals surface area contributed by atoms with Crippen molar-refractivity contribution < 1.29 is 0 Å². The van der Waals surface area contributed by atoms with Gasteiger partial charge in [-0.3, -0.25) is 0 Å². The topological polar surface area (TPSA) is 29.3 Å². The molecule has 1 heterocycles. The van der Waals surface area contributed by atoms with Gasteiger partial charge in [0, 0.05) is 12.7 Å². The van der Waals surface area contributed by atoms with Gasteiger partial charge in [-0.05, 0) is 17.7 Å². The fourth-order valence-electron chi connectivity index (χ4n) is 1.50. The standard InChI is InChI=1S/C12H14N2/c13-12-8-4-5-9-14(12)10-11-6-2-1-3-7-11/h1-9,12H,10,13H2. The maximum absolute atomic E-state index is 5.91. The molecule has 1 aromatic rings. The van der Waals surface area contributed by atoms with Crippen LogP contribution >= 0.6 is 0 Å². The van der Waals surface area contributed by atoms with E-state index in [1.807, 2.05) is 42.6 Å². The molecule has 2 N–H and O–H groups in total. The summed E-state index contributed by atoms with van der Waals surface area (Å²) in [6.07, 6.45) is 8.00. The van der Waals surface area contributed by atoms with E-state index < -0.39 is 0 Å². The minimum atomic E-state index is 0.000191. The molecule has 0 saturated heterocycles. The van der Waals surface area contributed by atoms with Crippen LogP contribution in [-0.2, 0) is 6.54 Å². The van der Waals surface area contributed by atoms with Crippen molar-refractivity contribution in [2.75, 3.05) is 0 Å². The van der Waals surface area contributed by atoms with Crippen molar-refractivity contribution in [1.82, 2.24) is 4.90 Å². The zero-order valence-electron chi connectivity index (χ0n) is 8.01. The summed E-state index contributed by atoms with van der Waals surface area (Å²) < 4.78 is 0. The average molecular weight is 186 g/mol. The Morgan fingerprint density at radius 1 is 1.14 bits per heavy atom. The lowest BCUT2D eigenvalue weighted by Gasteiger charge is -2.27. The Hall–Kier alpha value is -1.54. The Labute approximate surface area is 84.3 Å². The normalized spacial score (nSPS) is 20.1. The third-order valence-corrected chi connectivity index (χ3v) is 2.29. The van der Waals surface area contributed by atoms with E-state index in [9.17, 15) is 0 Å². The lowest BCUT2D eigenvalue weighted by molar-refractivity contribution is 0.314. The maximum Gasteiger partial charge on any atom is 0.0963 e. The molecule has 2 rings (SSSR count). The molecule has 0 fully saturated rings. The van der Waals surface area contributed by atoms with Crippen LogP contribution in [0.3, 0.4) is 0 Å².